The van der Waals surface area contributed by atoms with E-state index in [1.54, 1.807) is 14.1 Å². The Morgan fingerprint density at radius 3 is 2.64 bits per heavy atom. The van der Waals surface area contributed by atoms with E-state index in [1.807, 2.05) is 0 Å². The summed E-state index contributed by atoms with van der Waals surface area (Å²) in [6.45, 7) is -0.0263. The molecule has 0 aliphatic carbocycles. The topological polar surface area (TPSA) is 69.6 Å². The summed E-state index contributed by atoms with van der Waals surface area (Å²) in [7, 11) is 3.31. The van der Waals surface area contributed by atoms with Crippen LogP contribution in [0.2, 0.25) is 5.02 Å². The molecular weight excluding hydrogens is 311 g/mol. The Morgan fingerprint density at radius 2 is 2.05 bits per heavy atom. The van der Waals surface area contributed by atoms with E-state index in [4.69, 9.17) is 11.6 Å². The van der Waals surface area contributed by atoms with E-state index in [2.05, 4.69) is 5.32 Å². The molecule has 0 bridgehead atoms. The van der Waals surface area contributed by atoms with Crippen LogP contribution in [0.25, 0.3) is 0 Å². The maximum Gasteiger partial charge on any atom is 0.222 e. The molecule has 1 aromatic carbocycles. The molecule has 0 spiro atoms. The third kappa shape index (κ3) is 5.99. The van der Waals surface area contributed by atoms with E-state index in [-0.39, 0.29) is 29.8 Å². The number of carbonyl (C=O) groups excluding carboxylic acids is 2. The zero-order valence-electron chi connectivity index (χ0n) is 12.6. The monoisotopic (exact) mass is 330 g/mol. The van der Waals surface area contributed by atoms with E-state index in [0.717, 1.165) is 6.07 Å². The average molecular weight is 331 g/mol. The Morgan fingerprint density at radius 1 is 1.36 bits per heavy atom. The number of aliphatic hydroxyl groups excluding tert-OH is 1. The molecule has 22 heavy (non-hydrogen) atoms. The van der Waals surface area contributed by atoms with Crippen LogP contribution in [-0.2, 0) is 9.59 Å². The molecule has 0 aromatic heterocycles. The van der Waals surface area contributed by atoms with Gasteiger partial charge in [0, 0.05) is 33.5 Å². The second kappa shape index (κ2) is 8.70. The number of amides is 2. The van der Waals surface area contributed by atoms with Crippen molar-refractivity contribution in [1.82, 2.24) is 10.2 Å². The van der Waals surface area contributed by atoms with Gasteiger partial charge < -0.3 is 15.3 Å². The van der Waals surface area contributed by atoms with Crippen LogP contribution in [0.4, 0.5) is 4.39 Å². The Bertz CT molecular complexity index is 538. The highest BCUT2D eigenvalue weighted by Crippen LogP contribution is 2.19. The zero-order valence-corrected chi connectivity index (χ0v) is 13.4. The maximum absolute atomic E-state index is 13.3. The van der Waals surface area contributed by atoms with Crippen molar-refractivity contribution in [1.29, 1.82) is 0 Å². The molecular formula is C15H20ClFN2O3. The van der Waals surface area contributed by atoms with Crippen molar-refractivity contribution in [2.75, 3.05) is 20.6 Å². The van der Waals surface area contributed by atoms with Crippen LogP contribution in [0.3, 0.4) is 0 Å². The molecule has 0 radical (unpaired) electrons. The van der Waals surface area contributed by atoms with Gasteiger partial charge in [0.05, 0.1) is 11.1 Å². The molecule has 1 atom stereocenters. The first-order chi connectivity index (χ1) is 10.3. The fourth-order valence-corrected chi connectivity index (χ4v) is 1.88. The zero-order chi connectivity index (χ0) is 16.7. The first-order valence-electron chi connectivity index (χ1n) is 6.91. The molecule has 0 saturated carbocycles. The Labute approximate surface area is 134 Å². The smallest absolute Gasteiger partial charge is 0.222 e. The highest BCUT2D eigenvalue weighted by molar-refractivity contribution is 6.30. The fourth-order valence-electron chi connectivity index (χ4n) is 1.76. The van der Waals surface area contributed by atoms with E-state index >= 15 is 0 Å². The predicted molar refractivity (Wildman–Crippen MR) is 81.9 cm³/mol. The van der Waals surface area contributed by atoms with Gasteiger partial charge in [0.25, 0.3) is 0 Å². The van der Waals surface area contributed by atoms with Crippen LogP contribution in [0.5, 0.6) is 0 Å². The number of nitrogens with zero attached hydrogens (tertiary/aromatic N) is 1. The van der Waals surface area contributed by atoms with E-state index in [1.165, 1.54) is 17.0 Å². The Balaban J connectivity index is 2.34. The summed E-state index contributed by atoms with van der Waals surface area (Å²) >= 11 is 5.56. The average Bonchev–Trinajstić information content (AvgIpc) is 2.47. The molecule has 1 unspecified atom stereocenters. The summed E-state index contributed by atoms with van der Waals surface area (Å²) in [5.41, 5.74) is 0.338. The second-order valence-corrected chi connectivity index (χ2v) is 5.54. The second-order valence-electron chi connectivity index (χ2n) is 5.14. The molecule has 2 amide bonds. The van der Waals surface area contributed by atoms with Crippen molar-refractivity contribution in [3.63, 3.8) is 0 Å². The van der Waals surface area contributed by atoms with Crippen LogP contribution in [0, 0.1) is 5.82 Å². The lowest BCUT2D eigenvalue weighted by atomic mass is 10.1. The van der Waals surface area contributed by atoms with Gasteiger partial charge in [0.1, 0.15) is 5.82 Å². The number of rotatable bonds is 7. The van der Waals surface area contributed by atoms with Gasteiger partial charge in [-0.05, 0) is 24.1 Å². The summed E-state index contributed by atoms with van der Waals surface area (Å²) in [4.78, 5) is 24.4. The van der Waals surface area contributed by atoms with Crippen LogP contribution in [-0.4, -0.2) is 42.5 Å². The minimum atomic E-state index is -1.01. The molecule has 1 rings (SSSR count). The van der Waals surface area contributed by atoms with Gasteiger partial charge in [-0.1, -0.05) is 17.7 Å². The summed E-state index contributed by atoms with van der Waals surface area (Å²) in [5.74, 6) is -0.920. The van der Waals surface area contributed by atoms with Gasteiger partial charge in [-0.2, -0.15) is 0 Å². The lowest BCUT2D eigenvalue weighted by molar-refractivity contribution is -0.129. The van der Waals surface area contributed by atoms with E-state index in [0.29, 0.717) is 18.4 Å². The summed E-state index contributed by atoms with van der Waals surface area (Å²) in [6, 6.07) is 3.98. The van der Waals surface area contributed by atoms with Gasteiger partial charge in [0.15, 0.2) is 0 Å². The summed E-state index contributed by atoms with van der Waals surface area (Å²) < 4.78 is 13.3. The molecule has 0 aliphatic heterocycles. The number of hydrogen-bond acceptors (Lipinski definition) is 3. The van der Waals surface area contributed by atoms with E-state index < -0.39 is 11.9 Å². The lowest BCUT2D eigenvalue weighted by Gasteiger charge is -2.13. The largest absolute Gasteiger partial charge is 0.387 e. The van der Waals surface area contributed by atoms with E-state index in [9.17, 15) is 19.1 Å². The normalized spacial score (nSPS) is 11.9. The lowest BCUT2D eigenvalue weighted by Crippen LogP contribution is -2.28. The molecule has 122 valence electrons. The highest BCUT2D eigenvalue weighted by atomic mass is 35.5. The molecule has 1 aromatic rings. The molecule has 2 N–H and O–H groups in total. The number of nitrogens with one attached hydrogen (secondary N) is 1. The van der Waals surface area contributed by atoms with Gasteiger partial charge in [0.2, 0.25) is 11.8 Å². The maximum atomic E-state index is 13.3. The number of hydrogen-bond donors (Lipinski definition) is 2. The molecule has 0 saturated heterocycles. The van der Waals surface area contributed by atoms with Gasteiger partial charge in [-0.3, -0.25) is 9.59 Å². The Kier molecular flexibility index (Phi) is 7.27. The van der Waals surface area contributed by atoms with Crippen molar-refractivity contribution < 1.29 is 19.1 Å². The van der Waals surface area contributed by atoms with Crippen LogP contribution in [0.1, 0.15) is 30.9 Å². The quantitative estimate of drug-likeness (QED) is 0.802. The van der Waals surface area contributed by atoms with Crippen LogP contribution >= 0.6 is 11.6 Å². The Hall–Kier alpha value is -1.66. The summed E-state index contributed by atoms with van der Waals surface area (Å²) in [5, 5.41) is 12.4. The van der Waals surface area contributed by atoms with Crippen LogP contribution in [0.15, 0.2) is 18.2 Å². The predicted octanol–water partition coefficient (Wildman–Crippen LogP) is 1.89. The van der Waals surface area contributed by atoms with Crippen molar-refractivity contribution in [2.45, 2.75) is 25.4 Å². The van der Waals surface area contributed by atoms with Gasteiger partial charge in [-0.15, -0.1) is 0 Å². The fraction of sp³-hybridized carbons (Fsp3) is 0.467. The molecule has 5 nitrogen and oxygen atoms in total. The summed E-state index contributed by atoms with van der Waals surface area (Å²) in [6.07, 6.45) is -0.0830. The van der Waals surface area contributed by atoms with Crippen LogP contribution < -0.4 is 5.32 Å². The number of halogens is 2. The SMILES string of the molecule is CN(C)C(=O)CCCC(=O)NCC(O)c1ccc(Cl)c(F)c1. The highest BCUT2D eigenvalue weighted by Gasteiger charge is 2.12. The van der Waals surface area contributed by atoms with Crippen molar-refractivity contribution in [3.8, 4) is 0 Å². The third-order valence-electron chi connectivity index (χ3n) is 3.11. The molecule has 0 fully saturated rings. The standard InChI is InChI=1S/C15H20ClFN2O3/c1-19(2)15(22)5-3-4-14(21)18-9-13(20)10-6-7-11(16)12(17)8-10/h6-8,13,20H,3-5,9H2,1-2H3,(H,18,21). The van der Waals surface area contributed by atoms with Gasteiger partial charge in [-0.25, -0.2) is 4.39 Å². The third-order valence-corrected chi connectivity index (χ3v) is 3.42. The van der Waals surface area contributed by atoms with Crippen molar-refractivity contribution in [3.05, 3.63) is 34.6 Å². The minimum absolute atomic E-state index is 0.0226. The first kappa shape index (κ1) is 18.4. The number of carbonyl (C=O) groups is 2. The van der Waals surface area contributed by atoms with Crippen molar-refractivity contribution >= 4 is 23.4 Å². The first-order valence-corrected chi connectivity index (χ1v) is 7.29. The minimum Gasteiger partial charge on any atom is -0.387 e. The van der Waals surface area contributed by atoms with Gasteiger partial charge >= 0.3 is 0 Å². The number of aliphatic hydroxyl groups is 1. The number of benzene rings is 1. The molecule has 0 heterocycles. The molecule has 7 heteroatoms. The molecule has 0 aliphatic rings. The van der Waals surface area contributed by atoms with Crippen molar-refractivity contribution in [2.24, 2.45) is 0 Å².